The molecule has 110 valence electrons. The molecule has 0 radical (unpaired) electrons. The van der Waals surface area contributed by atoms with Crippen molar-refractivity contribution in [1.82, 2.24) is 9.88 Å². The lowest BCUT2D eigenvalue weighted by Crippen LogP contribution is -2.43. The number of aromatic nitrogens is 1. The molecule has 4 nitrogen and oxygen atoms in total. The fourth-order valence-electron chi connectivity index (χ4n) is 3.06. The predicted octanol–water partition coefficient (Wildman–Crippen LogP) is 2.49. The van der Waals surface area contributed by atoms with Crippen molar-refractivity contribution >= 4 is 0 Å². The molecular weight excluding hydrogens is 252 g/mol. The zero-order chi connectivity index (χ0) is 13.6. The maximum atomic E-state index is 6.00. The average Bonchev–Trinajstić information content (AvgIpc) is 2.51. The van der Waals surface area contributed by atoms with E-state index in [-0.39, 0.29) is 0 Å². The van der Waals surface area contributed by atoms with Crippen molar-refractivity contribution in [3.8, 4) is 5.75 Å². The third-order valence-corrected chi connectivity index (χ3v) is 4.22. The molecule has 0 bridgehead atoms. The lowest BCUT2D eigenvalue weighted by molar-refractivity contribution is -0.0154. The van der Waals surface area contributed by atoms with Crippen LogP contribution in [-0.4, -0.2) is 48.3 Å². The zero-order valence-electron chi connectivity index (χ0n) is 12.0. The van der Waals surface area contributed by atoms with Gasteiger partial charge in [0.05, 0.1) is 6.10 Å². The number of piperidine rings is 1. The Morgan fingerprint density at radius 1 is 1.15 bits per heavy atom. The second-order valence-corrected chi connectivity index (χ2v) is 5.79. The number of hydrogen-bond donors (Lipinski definition) is 0. The number of pyridine rings is 1. The van der Waals surface area contributed by atoms with Gasteiger partial charge in [-0.05, 0) is 44.2 Å². The Morgan fingerprint density at radius 3 is 2.65 bits per heavy atom. The van der Waals surface area contributed by atoms with E-state index in [0.29, 0.717) is 12.2 Å². The molecule has 3 heterocycles. The first-order chi connectivity index (χ1) is 9.90. The van der Waals surface area contributed by atoms with Crippen LogP contribution in [0, 0.1) is 0 Å². The van der Waals surface area contributed by atoms with Gasteiger partial charge in [0.15, 0.2) is 0 Å². The molecule has 0 N–H and O–H groups in total. The van der Waals surface area contributed by atoms with Gasteiger partial charge in [-0.2, -0.15) is 0 Å². The minimum atomic E-state index is 0.348. The molecule has 0 saturated carbocycles. The Kier molecular flexibility index (Phi) is 4.87. The van der Waals surface area contributed by atoms with Crippen molar-refractivity contribution in [2.75, 3.05) is 26.2 Å². The molecule has 3 rings (SSSR count). The molecule has 0 amide bonds. The molecule has 0 aliphatic carbocycles. The zero-order valence-corrected chi connectivity index (χ0v) is 12.0. The van der Waals surface area contributed by atoms with Gasteiger partial charge in [-0.25, -0.2) is 0 Å². The molecule has 1 aromatic rings. The summed E-state index contributed by atoms with van der Waals surface area (Å²) in [6.45, 7) is 4.29. The number of likely N-dealkylation sites (tertiary alicyclic amines) is 1. The molecule has 0 spiro atoms. The van der Waals surface area contributed by atoms with Crippen molar-refractivity contribution in [2.24, 2.45) is 0 Å². The van der Waals surface area contributed by atoms with Gasteiger partial charge in [-0.15, -0.1) is 0 Å². The molecule has 2 aliphatic rings. The summed E-state index contributed by atoms with van der Waals surface area (Å²) >= 11 is 0. The van der Waals surface area contributed by atoms with Crippen LogP contribution >= 0.6 is 0 Å². The van der Waals surface area contributed by atoms with Gasteiger partial charge in [0.1, 0.15) is 11.9 Å². The number of rotatable bonds is 4. The first-order valence-corrected chi connectivity index (χ1v) is 7.81. The molecule has 0 unspecified atom stereocenters. The third kappa shape index (κ3) is 3.93. The molecule has 0 aromatic carbocycles. The van der Waals surface area contributed by atoms with Gasteiger partial charge in [-0.3, -0.25) is 4.98 Å². The van der Waals surface area contributed by atoms with E-state index in [1.54, 1.807) is 12.4 Å². The van der Waals surface area contributed by atoms with Crippen LogP contribution in [-0.2, 0) is 4.74 Å². The third-order valence-electron chi connectivity index (χ3n) is 4.22. The van der Waals surface area contributed by atoms with Crippen LogP contribution in [0.15, 0.2) is 24.5 Å². The van der Waals surface area contributed by atoms with Crippen molar-refractivity contribution in [1.29, 1.82) is 0 Å². The topological polar surface area (TPSA) is 34.6 Å². The highest BCUT2D eigenvalue weighted by molar-refractivity contribution is 5.17. The quantitative estimate of drug-likeness (QED) is 0.846. The van der Waals surface area contributed by atoms with E-state index in [9.17, 15) is 0 Å². The number of hydrogen-bond acceptors (Lipinski definition) is 4. The maximum Gasteiger partial charge on any atom is 0.122 e. The summed E-state index contributed by atoms with van der Waals surface area (Å²) in [4.78, 5) is 6.54. The van der Waals surface area contributed by atoms with Crippen LogP contribution < -0.4 is 4.74 Å². The van der Waals surface area contributed by atoms with Crippen LogP contribution in [0.25, 0.3) is 0 Å². The number of ether oxygens (including phenoxy) is 2. The van der Waals surface area contributed by atoms with Crippen LogP contribution in [0.2, 0.25) is 0 Å². The fourth-order valence-corrected chi connectivity index (χ4v) is 3.06. The van der Waals surface area contributed by atoms with E-state index in [0.717, 1.165) is 44.8 Å². The highest BCUT2D eigenvalue weighted by Gasteiger charge is 2.23. The SMILES string of the molecule is c1cc(OC2CCN(C[C@H]3CCCCO3)CC2)ccn1. The standard InChI is InChI=1S/C16H24N2O2/c1-2-12-19-16(3-1)13-18-10-6-15(7-11-18)20-14-4-8-17-9-5-14/h4-5,8-9,15-16H,1-3,6-7,10-13H2/t16-/m1/s1. The Morgan fingerprint density at radius 2 is 1.95 bits per heavy atom. The summed E-state index contributed by atoms with van der Waals surface area (Å²) in [6, 6.07) is 3.87. The molecule has 2 aliphatic heterocycles. The smallest absolute Gasteiger partial charge is 0.122 e. The first-order valence-electron chi connectivity index (χ1n) is 7.81. The molecule has 4 heteroatoms. The van der Waals surface area contributed by atoms with Crippen molar-refractivity contribution in [2.45, 2.75) is 44.3 Å². The minimum absolute atomic E-state index is 0.348. The van der Waals surface area contributed by atoms with E-state index in [2.05, 4.69) is 9.88 Å². The Balaban J connectivity index is 1.40. The minimum Gasteiger partial charge on any atom is -0.490 e. The van der Waals surface area contributed by atoms with Crippen molar-refractivity contribution in [3.05, 3.63) is 24.5 Å². The lowest BCUT2D eigenvalue weighted by atomic mass is 10.0. The summed E-state index contributed by atoms with van der Waals surface area (Å²) in [6.07, 6.45) is 10.4. The number of nitrogens with zero attached hydrogens (tertiary/aromatic N) is 2. The van der Waals surface area contributed by atoms with Gasteiger partial charge in [0.2, 0.25) is 0 Å². The van der Waals surface area contributed by atoms with E-state index >= 15 is 0 Å². The monoisotopic (exact) mass is 276 g/mol. The average molecular weight is 276 g/mol. The molecule has 1 aromatic heterocycles. The Bertz CT molecular complexity index is 385. The maximum absolute atomic E-state index is 6.00. The molecular formula is C16H24N2O2. The summed E-state index contributed by atoms with van der Waals surface area (Å²) in [7, 11) is 0. The molecule has 1 atom stereocenters. The summed E-state index contributed by atoms with van der Waals surface area (Å²) in [5, 5.41) is 0. The van der Waals surface area contributed by atoms with Gasteiger partial charge < -0.3 is 14.4 Å². The van der Waals surface area contributed by atoms with Crippen molar-refractivity contribution in [3.63, 3.8) is 0 Å². The normalized spacial score (nSPS) is 25.5. The highest BCUT2D eigenvalue weighted by Crippen LogP contribution is 2.20. The fraction of sp³-hybridized carbons (Fsp3) is 0.688. The van der Waals surface area contributed by atoms with Crippen LogP contribution in [0.1, 0.15) is 32.1 Å². The van der Waals surface area contributed by atoms with Crippen LogP contribution in [0.5, 0.6) is 5.75 Å². The van der Waals surface area contributed by atoms with E-state index in [1.165, 1.54) is 19.3 Å². The van der Waals surface area contributed by atoms with Gasteiger partial charge in [0.25, 0.3) is 0 Å². The molecule has 2 fully saturated rings. The summed E-state index contributed by atoms with van der Waals surface area (Å²) < 4.78 is 11.8. The Labute approximate surface area is 121 Å². The largest absolute Gasteiger partial charge is 0.490 e. The van der Waals surface area contributed by atoms with E-state index in [4.69, 9.17) is 9.47 Å². The van der Waals surface area contributed by atoms with Gasteiger partial charge in [0, 0.05) is 38.6 Å². The van der Waals surface area contributed by atoms with Gasteiger partial charge >= 0.3 is 0 Å². The second-order valence-electron chi connectivity index (χ2n) is 5.79. The van der Waals surface area contributed by atoms with Crippen molar-refractivity contribution < 1.29 is 9.47 Å². The lowest BCUT2D eigenvalue weighted by Gasteiger charge is -2.35. The summed E-state index contributed by atoms with van der Waals surface area (Å²) in [5.74, 6) is 0.939. The molecule has 2 saturated heterocycles. The Hall–Kier alpha value is -1.13. The highest BCUT2D eigenvalue weighted by atomic mass is 16.5. The van der Waals surface area contributed by atoms with E-state index < -0.39 is 0 Å². The second kappa shape index (κ2) is 7.04. The van der Waals surface area contributed by atoms with Gasteiger partial charge in [-0.1, -0.05) is 0 Å². The predicted molar refractivity (Wildman–Crippen MR) is 77.9 cm³/mol. The summed E-state index contributed by atoms with van der Waals surface area (Å²) in [5.41, 5.74) is 0. The molecule has 20 heavy (non-hydrogen) atoms. The van der Waals surface area contributed by atoms with E-state index in [1.807, 2.05) is 12.1 Å². The van der Waals surface area contributed by atoms with Crippen LogP contribution in [0.3, 0.4) is 0 Å². The van der Waals surface area contributed by atoms with Crippen LogP contribution in [0.4, 0.5) is 0 Å². The first kappa shape index (κ1) is 13.8.